The van der Waals surface area contributed by atoms with Crippen molar-refractivity contribution >= 4 is 38.7 Å². The van der Waals surface area contributed by atoms with E-state index in [0.29, 0.717) is 10.9 Å². The van der Waals surface area contributed by atoms with Gasteiger partial charge in [0.2, 0.25) is 0 Å². The number of ether oxygens (including phenoxy) is 1. The molecule has 0 amide bonds. The van der Waals surface area contributed by atoms with Crippen molar-refractivity contribution in [2.24, 2.45) is 0 Å². The summed E-state index contributed by atoms with van der Waals surface area (Å²) in [5.41, 5.74) is 1.39. The molecule has 1 heterocycles. The average molecular weight is 375 g/mol. The zero-order valence-corrected chi connectivity index (χ0v) is 15.6. The summed E-state index contributed by atoms with van der Waals surface area (Å²) in [6.07, 6.45) is 1.91. The molecule has 1 aromatic heterocycles. The molecule has 0 N–H and O–H groups in total. The largest absolute Gasteiger partial charge is 0.464 e. The molecule has 3 rings (SSSR count). The molecule has 0 aliphatic heterocycles. The van der Waals surface area contributed by atoms with Crippen molar-refractivity contribution in [2.75, 3.05) is 13.4 Å². The van der Waals surface area contributed by atoms with E-state index in [9.17, 15) is 13.2 Å². The third kappa shape index (κ3) is 3.05. The minimum atomic E-state index is -3.94. The van der Waals surface area contributed by atoms with Crippen LogP contribution in [-0.4, -0.2) is 31.7 Å². The fourth-order valence-corrected chi connectivity index (χ4v) is 4.53. The van der Waals surface area contributed by atoms with E-state index in [1.54, 1.807) is 24.3 Å². The highest BCUT2D eigenvalue weighted by molar-refractivity contribution is 7.98. The Morgan fingerprint density at radius 2 is 1.76 bits per heavy atom. The van der Waals surface area contributed by atoms with Crippen LogP contribution in [-0.2, 0) is 14.8 Å². The Morgan fingerprint density at radius 3 is 2.36 bits per heavy atom. The lowest BCUT2D eigenvalue weighted by molar-refractivity contribution is 0.0593. The van der Waals surface area contributed by atoms with E-state index in [1.165, 1.54) is 37.1 Å². The molecule has 5 nitrogen and oxygen atoms in total. The number of nitrogens with zero attached hydrogens (tertiary/aromatic N) is 1. The molecule has 0 aliphatic rings. The first-order valence-electron chi connectivity index (χ1n) is 7.48. The highest BCUT2D eigenvalue weighted by Gasteiger charge is 2.27. The van der Waals surface area contributed by atoms with Gasteiger partial charge in [-0.25, -0.2) is 17.2 Å². The molecule has 0 radical (unpaired) electrons. The molecule has 3 aromatic rings. The fraction of sp³-hybridized carbons (Fsp3) is 0.167. The van der Waals surface area contributed by atoms with Gasteiger partial charge in [-0.2, -0.15) is 0 Å². The number of fused-ring (bicyclic) bond motifs is 1. The zero-order valence-electron chi connectivity index (χ0n) is 14.0. The number of aromatic nitrogens is 1. The van der Waals surface area contributed by atoms with Crippen LogP contribution in [0.1, 0.15) is 16.1 Å². The topological polar surface area (TPSA) is 65.4 Å². The second kappa shape index (κ2) is 6.57. The molecule has 0 saturated carbocycles. The summed E-state index contributed by atoms with van der Waals surface area (Å²) < 4.78 is 32.3. The van der Waals surface area contributed by atoms with Gasteiger partial charge in [-0.15, -0.1) is 11.8 Å². The van der Waals surface area contributed by atoms with Crippen molar-refractivity contribution in [3.05, 3.63) is 59.8 Å². The van der Waals surface area contributed by atoms with E-state index < -0.39 is 16.0 Å². The molecule has 25 heavy (non-hydrogen) atoms. The van der Waals surface area contributed by atoms with Gasteiger partial charge in [-0.05, 0) is 43.5 Å². The minimum absolute atomic E-state index is 0.0173. The minimum Gasteiger partial charge on any atom is -0.464 e. The van der Waals surface area contributed by atoms with Gasteiger partial charge in [0, 0.05) is 10.3 Å². The van der Waals surface area contributed by atoms with Crippen molar-refractivity contribution in [3.8, 4) is 0 Å². The Labute approximate surface area is 150 Å². The van der Waals surface area contributed by atoms with Gasteiger partial charge < -0.3 is 4.74 Å². The predicted octanol–water partition coefficient (Wildman–Crippen LogP) is 3.70. The Bertz CT molecular complexity index is 1050. The number of thioether (sulfide) groups is 1. The van der Waals surface area contributed by atoms with Crippen LogP contribution in [0.4, 0.5) is 0 Å². The maximum atomic E-state index is 13.2. The summed E-state index contributed by atoms with van der Waals surface area (Å²) in [7, 11) is -2.71. The van der Waals surface area contributed by atoms with Crippen molar-refractivity contribution in [1.82, 2.24) is 3.97 Å². The first kappa shape index (κ1) is 17.6. The third-order valence-corrected chi connectivity index (χ3v) is 6.39. The molecule has 0 aliphatic carbocycles. The lowest BCUT2D eigenvalue weighted by atomic mass is 10.2. The molecule has 130 valence electrons. The fourth-order valence-electron chi connectivity index (χ4n) is 2.61. The number of hydrogen-bond acceptors (Lipinski definition) is 5. The van der Waals surface area contributed by atoms with Crippen molar-refractivity contribution < 1.29 is 17.9 Å². The molecule has 0 bridgehead atoms. The number of methoxy groups -OCH3 is 1. The smallest absolute Gasteiger partial charge is 0.355 e. The van der Waals surface area contributed by atoms with Crippen molar-refractivity contribution in [3.63, 3.8) is 0 Å². The van der Waals surface area contributed by atoms with E-state index in [2.05, 4.69) is 0 Å². The molecule has 0 saturated heterocycles. The highest BCUT2D eigenvalue weighted by atomic mass is 32.2. The number of rotatable bonds is 4. The van der Waals surface area contributed by atoms with E-state index in [-0.39, 0.29) is 10.6 Å². The zero-order chi connectivity index (χ0) is 18.2. The molecular weight excluding hydrogens is 358 g/mol. The molecule has 0 atom stereocenters. The second-order valence-electron chi connectivity index (χ2n) is 5.53. The monoisotopic (exact) mass is 375 g/mol. The van der Waals surface area contributed by atoms with Gasteiger partial charge in [0.15, 0.2) is 0 Å². The summed E-state index contributed by atoms with van der Waals surface area (Å²) >= 11 is 1.50. The first-order valence-corrected chi connectivity index (χ1v) is 10.1. The number of carbonyl (C=O) groups excluding carboxylic acids is 1. The number of hydrogen-bond donors (Lipinski definition) is 0. The molecule has 7 heteroatoms. The van der Waals surface area contributed by atoms with Crippen LogP contribution in [0.25, 0.3) is 10.9 Å². The van der Waals surface area contributed by atoms with Gasteiger partial charge in [0.1, 0.15) is 5.69 Å². The number of benzene rings is 2. The Kier molecular flexibility index (Phi) is 4.62. The molecule has 0 fully saturated rings. The van der Waals surface area contributed by atoms with Crippen LogP contribution in [0, 0.1) is 6.92 Å². The van der Waals surface area contributed by atoms with E-state index in [0.717, 1.165) is 14.4 Å². The van der Waals surface area contributed by atoms with Gasteiger partial charge in [-0.3, -0.25) is 0 Å². The van der Waals surface area contributed by atoms with E-state index >= 15 is 0 Å². The maximum Gasteiger partial charge on any atom is 0.355 e. The molecule has 2 aromatic carbocycles. The molecule has 0 unspecified atom stereocenters. The van der Waals surface area contributed by atoms with Crippen molar-refractivity contribution in [1.29, 1.82) is 0 Å². The normalized spacial score (nSPS) is 11.6. The lowest BCUT2D eigenvalue weighted by Gasteiger charge is -2.11. The highest BCUT2D eigenvalue weighted by Crippen LogP contribution is 2.29. The summed E-state index contributed by atoms with van der Waals surface area (Å²) in [5.74, 6) is -0.697. The summed E-state index contributed by atoms with van der Waals surface area (Å²) in [4.78, 5) is 13.2. The van der Waals surface area contributed by atoms with Crippen LogP contribution in [0.3, 0.4) is 0 Å². The van der Waals surface area contributed by atoms with E-state index in [4.69, 9.17) is 4.74 Å². The SMILES string of the molecule is COC(=O)c1cc2ccc(SC)cc2n1S(=O)(=O)c1ccc(C)cc1. The second-order valence-corrected chi connectivity index (χ2v) is 8.19. The van der Waals surface area contributed by atoms with E-state index in [1.807, 2.05) is 19.2 Å². The predicted molar refractivity (Wildman–Crippen MR) is 98.8 cm³/mol. The van der Waals surface area contributed by atoms with Crippen molar-refractivity contribution in [2.45, 2.75) is 16.7 Å². The maximum absolute atomic E-state index is 13.2. The Hall–Kier alpha value is -2.25. The van der Waals surface area contributed by atoms with Gasteiger partial charge in [0.25, 0.3) is 10.0 Å². The lowest BCUT2D eigenvalue weighted by Crippen LogP contribution is -2.19. The third-order valence-electron chi connectivity index (χ3n) is 3.92. The van der Waals surface area contributed by atoms with Gasteiger partial charge in [-0.1, -0.05) is 23.8 Å². The van der Waals surface area contributed by atoms with Crippen LogP contribution in [0.15, 0.2) is 58.3 Å². The van der Waals surface area contributed by atoms with Gasteiger partial charge >= 0.3 is 5.97 Å². The quantitative estimate of drug-likeness (QED) is 0.514. The van der Waals surface area contributed by atoms with Crippen LogP contribution < -0.4 is 0 Å². The summed E-state index contributed by atoms with van der Waals surface area (Å²) in [5, 5.41) is 0.661. The summed E-state index contributed by atoms with van der Waals surface area (Å²) in [6, 6.07) is 13.5. The number of aryl methyl sites for hydroxylation is 1. The summed E-state index contributed by atoms with van der Waals surface area (Å²) in [6.45, 7) is 1.88. The molecule has 0 spiro atoms. The standard InChI is InChI=1S/C18H17NO4S2/c1-12-4-8-15(9-5-12)25(21,22)19-16-11-14(24-3)7-6-13(16)10-17(19)18(20)23-2/h4-11H,1-3H3. The average Bonchev–Trinajstić information content (AvgIpc) is 3.00. The Balaban J connectivity index is 2.35. The van der Waals surface area contributed by atoms with Crippen LogP contribution >= 0.6 is 11.8 Å². The first-order chi connectivity index (χ1) is 11.9. The van der Waals surface area contributed by atoms with Gasteiger partial charge in [0.05, 0.1) is 17.5 Å². The number of esters is 1. The molecular formula is C18H17NO4S2. The van der Waals surface area contributed by atoms with Crippen LogP contribution in [0.2, 0.25) is 0 Å². The van der Waals surface area contributed by atoms with Crippen LogP contribution in [0.5, 0.6) is 0 Å². The Morgan fingerprint density at radius 1 is 1.08 bits per heavy atom. The number of carbonyl (C=O) groups is 1.